The van der Waals surface area contributed by atoms with Crippen molar-refractivity contribution >= 4 is 17.5 Å². The number of aryl methyl sites for hydroxylation is 2. The zero-order valence-electron chi connectivity index (χ0n) is 13.0. The molecule has 1 aromatic carbocycles. The molecule has 5 nitrogen and oxygen atoms in total. The van der Waals surface area contributed by atoms with Gasteiger partial charge in [0, 0.05) is 39.1 Å². The summed E-state index contributed by atoms with van der Waals surface area (Å²) in [5, 5.41) is 3.25. The minimum Gasteiger partial charge on any atom is -0.336 e. The van der Waals surface area contributed by atoms with Crippen LogP contribution in [0, 0.1) is 12.7 Å². The number of carbonyl (C=O) groups excluding carboxylic acids is 1. The number of benzene rings is 1. The fourth-order valence-corrected chi connectivity index (χ4v) is 3.01. The van der Waals surface area contributed by atoms with Gasteiger partial charge in [0.2, 0.25) is 0 Å². The average Bonchev–Trinajstić information content (AvgIpc) is 2.98. The van der Waals surface area contributed by atoms with E-state index >= 15 is 0 Å². The number of imidazole rings is 1. The van der Waals surface area contributed by atoms with Crippen molar-refractivity contribution in [1.29, 1.82) is 0 Å². The van der Waals surface area contributed by atoms with Crippen LogP contribution in [0.1, 0.15) is 27.8 Å². The van der Waals surface area contributed by atoms with Gasteiger partial charge in [0.1, 0.15) is 11.9 Å². The molecule has 2 heterocycles. The minimum atomic E-state index is -0.659. The van der Waals surface area contributed by atoms with Crippen LogP contribution >= 0.6 is 11.6 Å². The average molecular weight is 337 g/mol. The third-order valence-electron chi connectivity index (χ3n) is 4.17. The Kier molecular flexibility index (Phi) is 4.37. The summed E-state index contributed by atoms with van der Waals surface area (Å²) in [4.78, 5) is 18.8. The molecule has 0 saturated carbocycles. The molecule has 1 aliphatic rings. The van der Waals surface area contributed by atoms with Crippen molar-refractivity contribution in [3.8, 4) is 0 Å². The first-order chi connectivity index (χ1) is 11.0. The minimum absolute atomic E-state index is 0.000439. The first-order valence-corrected chi connectivity index (χ1v) is 7.82. The number of aromatic nitrogens is 2. The van der Waals surface area contributed by atoms with Gasteiger partial charge in [0.25, 0.3) is 5.91 Å². The van der Waals surface area contributed by atoms with E-state index in [-0.39, 0.29) is 22.5 Å². The lowest BCUT2D eigenvalue weighted by molar-refractivity contribution is 0.0616. The van der Waals surface area contributed by atoms with Crippen LogP contribution in [-0.2, 0) is 7.05 Å². The number of nitrogens with one attached hydrogen (secondary N) is 1. The summed E-state index contributed by atoms with van der Waals surface area (Å²) in [6, 6.07) is 2.92. The fraction of sp³-hybridized carbons (Fsp3) is 0.375. The van der Waals surface area contributed by atoms with Crippen molar-refractivity contribution in [2.45, 2.75) is 13.0 Å². The Morgan fingerprint density at radius 3 is 2.96 bits per heavy atom. The molecule has 1 aliphatic heterocycles. The van der Waals surface area contributed by atoms with Gasteiger partial charge < -0.3 is 14.8 Å². The molecule has 1 N–H and O–H groups in total. The Balaban J connectivity index is 1.97. The quantitative estimate of drug-likeness (QED) is 0.915. The van der Waals surface area contributed by atoms with Crippen LogP contribution in [-0.4, -0.2) is 40.0 Å². The second-order valence-electron chi connectivity index (χ2n) is 5.67. The lowest BCUT2D eigenvalue weighted by Crippen LogP contribution is -2.49. The Hall–Kier alpha value is -1.92. The molecule has 0 aliphatic carbocycles. The number of hydrogen-bond donors (Lipinski definition) is 1. The van der Waals surface area contributed by atoms with E-state index in [4.69, 9.17) is 11.6 Å². The molecular formula is C16H18ClFN4O. The molecule has 1 aromatic heterocycles. The molecule has 2 aromatic rings. The van der Waals surface area contributed by atoms with Gasteiger partial charge in [0.05, 0.1) is 10.6 Å². The van der Waals surface area contributed by atoms with Crippen LogP contribution in [0.2, 0.25) is 5.02 Å². The van der Waals surface area contributed by atoms with E-state index in [1.165, 1.54) is 6.07 Å². The Bertz CT molecular complexity index is 746. The summed E-state index contributed by atoms with van der Waals surface area (Å²) in [6.45, 7) is 3.44. The third-order valence-corrected chi connectivity index (χ3v) is 4.63. The Morgan fingerprint density at radius 1 is 1.48 bits per heavy atom. The van der Waals surface area contributed by atoms with Gasteiger partial charge >= 0.3 is 0 Å². The van der Waals surface area contributed by atoms with E-state index in [2.05, 4.69) is 10.3 Å². The van der Waals surface area contributed by atoms with Crippen LogP contribution in [0.15, 0.2) is 24.5 Å². The summed E-state index contributed by atoms with van der Waals surface area (Å²) >= 11 is 5.95. The van der Waals surface area contributed by atoms with Gasteiger partial charge in [-0.05, 0) is 18.6 Å². The second kappa shape index (κ2) is 6.29. The second-order valence-corrected chi connectivity index (χ2v) is 6.05. The highest BCUT2D eigenvalue weighted by molar-refractivity contribution is 6.31. The Morgan fingerprint density at radius 2 is 2.26 bits per heavy atom. The summed E-state index contributed by atoms with van der Waals surface area (Å²) in [6.07, 6.45) is 3.52. The van der Waals surface area contributed by atoms with E-state index in [0.29, 0.717) is 25.2 Å². The molecule has 1 amide bonds. The molecule has 1 atom stereocenters. The number of hydrogen-bond acceptors (Lipinski definition) is 3. The number of amides is 1. The molecule has 3 rings (SSSR count). The highest BCUT2D eigenvalue weighted by Crippen LogP contribution is 2.27. The van der Waals surface area contributed by atoms with Gasteiger partial charge in [-0.3, -0.25) is 4.79 Å². The van der Waals surface area contributed by atoms with Crippen molar-refractivity contribution in [1.82, 2.24) is 19.8 Å². The maximum atomic E-state index is 14.4. The topological polar surface area (TPSA) is 50.2 Å². The zero-order chi connectivity index (χ0) is 16.6. The maximum absolute atomic E-state index is 14.4. The summed E-state index contributed by atoms with van der Waals surface area (Å²) in [5.74, 6) is -0.253. The van der Waals surface area contributed by atoms with Gasteiger partial charge in [0.15, 0.2) is 5.82 Å². The molecule has 7 heteroatoms. The normalized spacial score (nSPS) is 18.3. The standard InChI is InChI=1S/C16H18ClFN4O/c1-10-3-4-11(14(18)13(10)17)16(23)22-8-5-19-9-12(22)15-20-6-7-21(15)2/h3-4,6-7,12,19H,5,8-9H2,1-2H3. The van der Waals surface area contributed by atoms with Gasteiger partial charge in [-0.2, -0.15) is 0 Å². The van der Waals surface area contributed by atoms with Gasteiger partial charge in [-0.25, -0.2) is 9.37 Å². The number of piperazine rings is 1. The number of rotatable bonds is 2. The fourth-order valence-electron chi connectivity index (χ4n) is 2.84. The predicted octanol–water partition coefficient (Wildman–Crippen LogP) is 2.31. The molecule has 1 unspecified atom stereocenters. The smallest absolute Gasteiger partial charge is 0.257 e. The van der Waals surface area contributed by atoms with Crippen molar-refractivity contribution in [3.05, 3.63) is 52.3 Å². The van der Waals surface area contributed by atoms with Crippen molar-refractivity contribution in [2.75, 3.05) is 19.6 Å². The van der Waals surface area contributed by atoms with Crippen LogP contribution in [0.4, 0.5) is 4.39 Å². The van der Waals surface area contributed by atoms with Gasteiger partial charge in [-0.15, -0.1) is 0 Å². The van der Waals surface area contributed by atoms with E-state index in [0.717, 1.165) is 5.82 Å². The molecule has 122 valence electrons. The van der Waals surface area contributed by atoms with Crippen LogP contribution < -0.4 is 5.32 Å². The SMILES string of the molecule is Cc1ccc(C(=O)N2CCNCC2c2nccn2C)c(F)c1Cl. The van der Waals surface area contributed by atoms with Crippen LogP contribution in [0.5, 0.6) is 0 Å². The van der Waals surface area contributed by atoms with Crippen molar-refractivity contribution in [3.63, 3.8) is 0 Å². The molecule has 23 heavy (non-hydrogen) atoms. The van der Waals surface area contributed by atoms with E-state index in [9.17, 15) is 9.18 Å². The lowest BCUT2D eigenvalue weighted by atomic mass is 10.1. The third kappa shape index (κ3) is 2.84. The van der Waals surface area contributed by atoms with Gasteiger partial charge in [-0.1, -0.05) is 17.7 Å². The van der Waals surface area contributed by atoms with E-state index < -0.39 is 5.82 Å². The Labute approximate surface area is 139 Å². The van der Waals surface area contributed by atoms with Crippen molar-refractivity contribution in [2.24, 2.45) is 7.05 Å². The van der Waals surface area contributed by atoms with E-state index in [1.807, 2.05) is 17.8 Å². The largest absolute Gasteiger partial charge is 0.336 e. The summed E-state index contributed by atoms with van der Waals surface area (Å²) in [7, 11) is 1.88. The molecule has 1 saturated heterocycles. The highest BCUT2D eigenvalue weighted by atomic mass is 35.5. The molecule has 0 spiro atoms. The highest BCUT2D eigenvalue weighted by Gasteiger charge is 2.32. The zero-order valence-corrected chi connectivity index (χ0v) is 13.8. The molecular weight excluding hydrogens is 319 g/mol. The van der Waals surface area contributed by atoms with Crippen molar-refractivity contribution < 1.29 is 9.18 Å². The molecule has 1 fully saturated rings. The number of halogens is 2. The van der Waals surface area contributed by atoms with Crippen LogP contribution in [0.3, 0.4) is 0 Å². The maximum Gasteiger partial charge on any atom is 0.257 e. The first kappa shape index (κ1) is 16.0. The molecule has 0 bridgehead atoms. The molecule has 0 radical (unpaired) electrons. The monoisotopic (exact) mass is 336 g/mol. The number of carbonyl (C=O) groups is 1. The van der Waals surface area contributed by atoms with Crippen LogP contribution in [0.25, 0.3) is 0 Å². The lowest BCUT2D eigenvalue weighted by Gasteiger charge is -2.36. The number of nitrogens with zero attached hydrogens (tertiary/aromatic N) is 3. The van der Waals surface area contributed by atoms with E-state index in [1.54, 1.807) is 24.1 Å². The summed E-state index contributed by atoms with van der Waals surface area (Å²) in [5.41, 5.74) is 0.614. The summed E-state index contributed by atoms with van der Waals surface area (Å²) < 4.78 is 16.3. The predicted molar refractivity (Wildman–Crippen MR) is 86.0 cm³/mol. The first-order valence-electron chi connectivity index (χ1n) is 7.44.